The van der Waals surface area contributed by atoms with Gasteiger partial charge >= 0.3 is 0 Å². The molecule has 0 saturated carbocycles. The van der Waals surface area contributed by atoms with Gasteiger partial charge in [0.15, 0.2) is 6.10 Å². The third-order valence-corrected chi connectivity index (χ3v) is 1.84. The van der Waals surface area contributed by atoms with Crippen molar-refractivity contribution in [2.75, 3.05) is 6.61 Å². The Bertz CT molecular complexity index is 279. The van der Waals surface area contributed by atoms with Crippen LogP contribution in [0.15, 0.2) is 42.9 Å². The Hall–Kier alpha value is -1.44. The van der Waals surface area contributed by atoms with Gasteiger partial charge in [-0.05, 0) is 12.1 Å². The fourth-order valence-electron chi connectivity index (χ4n) is 1.23. The lowest BCUT2D eigenvalue weighted by Crippen LogP contribution is -1.98. The Morgan fingerprint density at radius 2 is 2.00 bits per heavy atom. The van der Waals surface area contributed by atoms with Crippen LogP contribution < -0.4 is 0 Å². The molecule has 1 saturated heterocycles. The molecule has 0 radical (unpaired) electrons. The van der Waals surface area contributed by atoms with Crippen LogP contribution in [0.2, 0.25) is 0 Å². The van der Waals surface area contributed by atoms with E-state index in [9.17, 15) is 0 Å². The highest BCUT2D eigenvalue weighted by Crippen LogP contribution is 2.26. The third-order valence-electron chi connectivity index (χ3n) is 1.84. The molecule has 62 valence electrons. The second kappa shape index (κ2) is 2.89. The molecular weight excluding hydrogens is 152 g/mol. The van der Waals surface area contributed by atoms with Crippen LogP contribution in [0, 0.1) is 0 Å². The lowest BCUT2D eigenvalue weighted by atomic mass is 10.1. The number of ether oxygens (including phenoxy) is 2. The molecule has 2 rings (SSSR count). The molecule has 1 heterocycles. The summed E-state index contributed by atoms with van der Waals surface area (Å²) in [6.45, 7) is 4.16. The molecule has 0 aliphatic carbocycles. The fourth-order valence-corrected chi connectivity index (χ4v) is 1.23. The zero-order chi connectivity index (χ0) is 8.39. The quantitative estimate of drug-likeness (QED) is 0.630. The van der Waals surface area contributed by atoms with Gasteiger partial charge < -0.3 is 9.47 Å². The van der Waals surface area contributed by atoms with Crippen molar-refractivity contribution in [3.05, 3.63) is 48.4 Å². The molecule has 1 aliphatic heterocycles. The van der Waals surface area contributed by atoms with Gasteiger partial charge in [0, 0.05) is 0 Å². The third kappa shape index (κ3) is 1.28. The first-order valence-electron chi connectivity index (χ1n) is 3.89. The van der Waals surface area contributed by atoms with E-state index in [2.05, 4.69) is 6.58 Å². The second-order valence-corrected chi connectivity index (χ2v) is 2.70. The normalized spacial score (nSPS) is 21.7. The van der Waals surface area contributed by atoms with Crippen LogP contribution in [0.5, 0.6) is 0 Å². The van der Waals surface area contributed by atoms with Gasteiger partial charge in [-0.25, -0.2) is 0 Å². The average Bonchev–Trinajstić information content (AvgIpc) is 2.54. The summed E-state index contributed by atoms with van der Waals surface area (Å²) < 4.78 is 10.4. The van der Waals surface area contributed by atoms with Crippen molar-refractivity contribution in [2.45, 2.75) is 6.10 Å². The van der Waals surface area contributed by atoms with E-state index in [-0.39, 0.29) is 6.10 Å². The largest absolute Gasteiger partial charge is 0.462 e. The summed E-state index contributed by atoms with van der Waals surface area (Å²) in [6, 6.07) is 9.99. The lowest BCUT2D eigenvalue weighted by Gasteiger charge is -2.05. The first-order valence-corrected chi connectivity index (χ1v) is 3.89. The molecular formula is C10H10O2. The van der Waals surface area contributed by atoms with Gasteiger partial charge in [-0.15, -0.1) is 0 Å². The van der Waals surface area contributed by atoms with Crippen molar-refractivity contribution < 1.29 is 9.47 Å². The number of hydrogen-bond donors (Lipinski definition) is 0. The van der Waals surface area contributed by atoms with E-state index in [1.807, 2.05) is 30.3 Å². The van der Waals surface area contributed by atoms with E-state index in [1.54, 1.807) is 0 Å². The van der Waals surface area contributed by atoms with Crippen LogP contribution in [0.25, 0.3) is 0 Å². The van der Waals surface area contributed by atoms with E-state index in [0.29, 0.717) is 12.6 Å². The summed E-state index contributed by atoms with van der Waals surface area (Å²) in [5.41, 5.74) is 1.14. The first-order chi connectivity index (χ1) is 5.86. The SMILES string of the molecule is C=C1OCC(c2ccccc2)O1. The molecule has 2 heteroatoms. The van der Waals surface area contributed by atoms with Crippen molar-refractivity contribution in [2.24, 2.45) is 0 Å². The number of benzene rings is 1. The van der Waals surface area contributed by atoms with E-state index >= 15 is 0 Å². The van der Waals surface area contributed by atoms with Gasteiger partial charge in [-0.3, -0.25) is 0 Å². The molecule has 1 atom stereocenters. The van der Waals surface area contributed by atoms with E-state index in [0.717, 1.165) is 5.56 Å². The Morgan fingerprint density at radius 3 is 2.58 bits per heavy atom. The minimum atomic E-state index is 0.0266. The van der Waals surface area contributed by atoms with Crippen molar-refractivity contribution in [3.63, 3.8) is 0 Å². The second-order valence-electron chi connectivity index (χ2n) is 2.70. The van der Waals surface area contributed by atoms with E-state index < -0.39 is 0 Å². The predicted molar refractivity (Wildman–Crippen MR) is 45.4 cm³/mol. The molecule has 12 heavy (non-hydrogen) atoms. The molecule has 0 aromatic heterocycles. The standard InChI is InChI=1S/C10H10O2/c1-8-11-7-10(12-8)9-5-3-2-4-6-9/h2-6,10H,1,7H2. The summed E-state index contributed by atoms with van der Waals surface area (Å²) >= 11 is 0. The van der Waals surface area contributed by atoms with Crippen LogP contribution in [-0.4, -0.2) is 6.61 Å². The summed E-state index contributed by atoms with van der Waals surface area (Å²) in [5.74, 6) is 0.420. The van der Waals surface area contributed by atoms with Gasteiger partial charge in [-0.2, -0.15) is 0 Å². The summed E-state index contributed by atoms with van der Waals surface area (Å²) in [7, 11) is 0. The first kappa shape index (κ1) is 7.22. The maximum Gasteiger partial charge on any atom is 0.272 e. The number of hydrogen-bond acceptors (Lipinski definition) is 2. The lowest BCUT2D eigenvalue weighted by molar-refractivity contribution is 0.145. The topological polar surface area (TPSA) is 18.5 Å². The van der Waals surface area contributed by atoms with Crippen LogP contribution in [-0.2, 0) is 9.47 Å². The maximum absolute atomic E-state index is 5.33. The van der Waals surface area contributed by atoms with Crippen molar-refractivity contribution >= 4 is 0 Å². The van der Waals surface area contributed by atoms with Crippen molar-refractivity contribution in [3.8, 4) is 0 Å². The van der Waals surface area contributed by atoms with Crippen molar-refractivity contribution in [1.82, 2.24) is 0 Å². The minimum Gasteiger partial charge on any atom is -0.462 e. The fraction of sp³-hybridized carbons (Fsp3) is 0.200. The molecule has 1 unspecified atom stereocenters. The molecule has 1 fully saturated rings. The van der Waals surface area contributed by atoms with Crippen LogP contribution >= 0.6 is 0 Å². The zero-order valence-corrected chi connectivity index (χ0v) is 6.69. The van der Waals surface area contributed by atoms with E-state index in [4.69, 9.17) is 9.47 Å². The van der Waals surface area contributed by atoms with Crippen molar-refractivity contribution in [1.29, 1.82) is 0 Å². The Balaban J connectivity index is 2.16. The molecule has 0 bridgehead atoms. The van der Waals surface area contributed by atoms with Crippen LogP contribution in [0.4, 0.5) is 0 Å². The number of rotatable bonds is 1. The van der Waals surface area contributed by atoms with E-state index in [1.165, 1.54) is 0 Å². The van der Waals surface area contributed by atoms with Gasteiger partial charge in [0.05, 0.1) is 0 Å². The Labute approximate surface area is 71.4 Å². The summed E-state index contributed by atoms with van der Waals surface area (Å²) in [4.78, 5) is 0. The minimum absolute atomic E-state index is 0.0266. The predicted octanol–water partition coefficient (Wildman–Crippen LogP) is 2.25. The van der Waals surface area contributed by atoms with Gasteiger partial charge in [0.2, 0.25) is 0 Å². The van der Waals surface area contributed by atoms with Gasteiger partial charge in [0.25, 0.3) is 5.95 Å². The monoisotopic (exact) mass is 162 g/mol. The highest BCUT2D eigenvalue weighted by molar-refractivity contribution is 5.18. The maximum atomic E-state index is 5.33. The van der Waals surface area contributed by atoms with Crippen LogP contribution in [0.3, 0.4) is 0 Å². The highest BCUT2D eigenvalue weighted by Gasteiger charge is 2.21. The Morgan fingerprint density at radius 1 is 1.25 bits per heavy atom. The molecule has 0 amide bonds. The summed E-state index contributed by atoms with van der Waals surface area (Å²) in [6.07, 6.45) is 0.0266. The zero-order valence-electron chi connectivity index (χ0n) is 6.69. The van der Waals surface area contributed by atoms with Gasteiger partial charge in [0.1, 0.15) is 6.61 Å². The molecule has 2 nitrogen and oxygen atoms in total. The smallest absolute Gasteiger partial charge is 0.272 e. The molecule has 0 spiro atoms. The van der Waals surface area contributed by atoms with Gasteiger partial charge in [-0.1, -0.05) is 30.3 Å². The Kier molecular flexibility index (Phi) is 1.74. The summed E-state index contributed by atoms with van der Waals surface area (Å²) in [5, 5.41) is 0. The highest BCUT2D eigenvalue weighted by atomic mass is 16.7. The molecule has 1 aromatic rings. The van der Waals surface area contributed by atoms with Crippen LogP contribution in [0.1, 0.15) is 11.7 Å². The molecule has 0 N–H and O–H groups in total. The molecule has 1 aromatic carbocycles. The average molecular weight is 162 g/mol. The molecule has 1 aliphatic rings.